The molecule has 1 N–H and O–H groups in total. The van der Waals surface area contributed by atoms with Gasteiger partial charge >= 0.3 is 0 Å². The van der Waals surface area contributed by atoms with E-state index in [1.54, 1.807) is 11.3 Å². The molecule has 2 heterocycles. The molecule has 1 fully saturated rings. The quantitative estimate of drug-likeness (QED) is 0.733. The molecule has 1 aromatic heterocycles. The summed E-state index contributed by atoms with van der Waals surface area (Å²) in [4.78, 5) is 4.36. The third-order valence-corrected chi connectivity index (χ3v) is 3.85. The van der Waals surface area contributed by atoms with Gasteiger partial charge in [-0.1, -0.05) is 6.08 Å². The Balaban J connectivity index is 1.88. The molecule has 3 rings (SSSR count). The number of hydrogen-bond acceptors (Lipinski definition) is 3. The molecule has 3 heteroatoms. The minimum atomic E-state index is 0.777. The van der Waals surface area contributed by atoms with E-state index in [2.05, 4.69) is 21.8 Å². The van der Waals surface area contributed by atoms with Crippen molar-refractivity contribution < 1.29 is 0 Å². The van der Waals surface area contributed by atoms with E-state index in [-0.39, 0.29) is 0 Å². The molecule has 0 aromatic carbocycles. The van der Waals surface area contributed by atoms with E-state index < -0.39 is 0 Å². The molecule has 2 aliphatic rings. The van der Waals surface area contributed by atoms with Crippen LogP contribution in [0.5, 0.6) is 0 Å². The Labute approximate surface area is 81.7 Å². The Morgan fingerprint density at radius 3 is 3.23 bits per heavy atom. The SMILES string of the molecule is C1=C(c2nccs2)C[C@H]2CNC[C@@H]12. The van der Waals surface area contributed by atoms with Gasteiger partial charge in [0.25, 0.3) is 0 Å². The highest BCUT2D eigenvalue weighted by atomic mass is 32.1. The summed E-state index contributed by atoms with van der Waals surface area (Å²) in [6.07, 6.45) is 5.54. The summed E-state index contributed by atoms with van der Waals surface area (Å²) < 4.78 is 0. The van der Waals surface area contributed by atoms with Crippen molar-refractivity contribution in [2.45, 2.75) is 6.42 Å². The van der Waals surface area contributed by atoms with Gasteiger partial charge in [-0.3, -0.25) is 0 Å². The van der Waals surface area contributed by atoms with Crippen molar-refractivity contribution in [3.8, 4) is 0 Å². The molecule has 1 aromatic rings. The van der Waals surface area contributed by atoms with Crippen LogP contribution >= 0.6 is 11.3 Å². The molecule has 1 saturated heterocycles. The lowest BCUT2D eigenvalue weighted by atomic mass is 10.00. The third-order valence-electron chi connectivity index (χ3n) is 3.00. The predicted octanol–water partition coefficient (Wildman–Crippen LogP) is 1.77. The van der Waals surface area contributed by atoms with E-state index in [1.165, 1.54) is 30.1 Å². The highest BCUT2D eigenvalue weighted by molar-refractivity contribution is 7.10. The van der Waals surface area contributed by atoms with Crippen molar-refractivity contribution in [2.24, 2.45) is 11.8 Å². The van der Waals surface area contributed by atoms with E-state index in [4.69, 9.17) is 0 Å². The van der Waals surface area contributed by atoms with Crippen LogP contribution in [0.15, 0.2) is 17.7 Å². The van der Waals surface area contributed by atoms with E-state index in [1.807, 2.05) is 6.20 Å². The van der Waals surface area contributed by atoms with Gasteiger partial charge in [-0.25, -0.2) is 4.98 Å². The number of thiazole rings is 1. The van der Waals surface area contributed by atoms with Crippen LogP contribution in [-0.4, -0.2) is 18.1 Å². The van der Waals surface area contributed by atoms with Gasteiger partial charge in [0.1, 0.15) is 5.01 Å². The molecular formula is C10H12N2S. The van der Waals surface area contributed by atoms with Crippen LogP contribution in [0, 0.1) is 11.8 Å². The number of nitrogens with one attached hydrogen (secondary N) is 1. The monoisotopic (exact) mass is 192 g/mol. The second kappa shape index (κ2) is 2.93. The number of rotatable bonds is 1. The first-order valence-electron chi connectivity index (χ1n) is 4.75. The van der Waals surface area contributed by atoms with Crippen LogP contribution in [-0.2, 0) is 0 Å². The Hall–Kier alpha value is -0.670. The van der Waals surface area contributed by atoms with Gasteiger partial charge in [0.2, 0.25) is 0 Å². The minimum absolute atomic E-state index is 0.777. The van der Waals surface area contributed by atoms with Gasteiger partial charge < -0.3 is 5.32 Å². The van der Waals surface area contributed by atoms with Gasteiger partial charge in [-0.15, -0.1) is 11.3 Å². The van der Waals surface area contributed by atoms with Gasteiger partial charge in [-0.05, 0) is 30.4 Å². The number of allylic oxidation sites excluding steroid dienone is 1. The lowest BCUT2D eigenvalue weighted by Crippen LogP contribution is -2.09. The van der Waals surface area contributed by atoms with Crippen LogP contribution < -0.4 is 5.32 Å². The van der Waals surface area contributed by atoms with Crippen LogP contribution in [0.4, 0.5) is 0 Å². The van der Waals surface area contributed by atoms with E-state index in [0.717, 1.165) is 11.8 Å². The zero-order valence-corrected chi connectivity index (χ0v) is 8.18. The van der Waals surface area contributed by atoms with Gasteiger partial charge in [-0.2, -0.15) is 0 Å². The van der Waals surface area contributed by atoms with Crippen LogP contribution in [0.2, 0.25) is 0 Å². The van der Waals surface area contributed by atoms with Gasteiger partial charge in [0.15, 0.2) is 0 Å². The lowest BCUT2D eigenvalue weighted by Gasteiger charge is -2.04. The number of aromatic nitrogens is 1. The Morgan fingerprint density at radius 1 is 1.46 bits per heavy atom. The van der Waals surface area contributed by atoms with Gasteiger partial charge in [0.05, 0.1) is 0 Å². The lowest BCUT2D eigenvalue weighted by molar-refractivity contribution is 0.536. The average Bonchev–Trinajstić information content (AvgIpc) is 2.78. The molecule has 0 saturated carbocycles. The first-order valence-corrected chi connectivity index (χ1v) is 5.63. The molecule has 68 valence electrons. The Kier molecular flexibility index (Phi) is 1.73. The predicted molar refractivity (Wildman–Crippen MR) is 54.6 cm³/mol. The summed E-state index contributed by atoms with van der Waals surface area (Å²) in [5.41, 5.74) is 1.48. The maximum Gasteiger partial charge on any atom is 0.118 e. The van der Waals surface area contributed by atoms with Crippen molar-refractivity contribution in [1.29, 1.82) is 0 Å². The fourth-order valence-corrected chi connectivity index (χ4v) is 3.00. The first-order chi connectivity index (χ1) is 6.43. The molecule has 0 radical (unpaired) electrons. The van der Waals surface area contributed by atoms with Crippen molar-refractivity contribution in [3.63, 3.8) is 0 Å². The highest BCUT2D eigenvalue weighted by Gasteiger charge is 2.32. The Morgan fingerprint density at radius 2 is 2.46 bits per heavy atom. The largest absolute Gasteiger partial charge is 0.316 e. The molecule has 2 atom stereocenters. The minimum Gasteiger partial charge on any atom is -0.316 e. The zero-order valence-electron chi connectivity index (χ0n) is 7.36. The van der Waals surface area contributed by atoms with E-state index >= 15 is 0 Å². The summed E-state index contributed by atoms with van der Waals surface area (Å²) in [6, 6.07) is 0. The fourth-order valence-electron chi connectivity index (χ4n) is 2.32. The normalized spacial score (nSPS) is 31.8. The Bertz CT molecular complexity index is 329. The van der Waals surface area contributed by atoms with Crippen molar-refractivity contribution in [3.05, 3.63) is 22.7 Å². The van der Waals surface area contributed by atoms with Crippen molar-refractivity contribution in [1.82, 2.24) is 10.3 Å². The summed E-state index contributed by atoms with van der Waals surface area (Å²) in [5, 5.41) is 6.72. The van der Waals surface area contributed by atoms with Gasteiger partial charge in [0, 0.05) is 18.1 Å². The molecule has 0 amide bonds. The van der Waals surface area contributed by atoms with E-state index in [9.17, 15) is 0 Å². The molecule has 2 nitrogen and oxygen atoms in total. The summed E-state index contributed by atoms with van der Waals surface area (Å²) in [7, 11) is 0. The third kappa shape index (κ3) is 1.23. The van der Waals surface area contributed by atoms with Crippen LogP contribution in [0.1, 0.15) is 11.4 Å². The number of fused-ring (bicyclic) bond motifs is 1. The summed E-state index contributed by atoms with van der Waals surface area (Å²) in [6.45, 7) is 2.36. The second-order valence-electron chi connectivity index (χ2n) is 3.82. The topological polar surface area (TPSA) is 24.9 Å². The van der Waals surface area contributed by atoms with E-state index in [0.29, 0.717) is 0 Å². The molecule has 1 aliphatic carbocycles. The maximum atomic E-state index is 4.36. The standard InChI is InChI=1S/C10H12N2S/c1-2-13-10(12-1)7-3-8-5-11-6-9(8)4-7/h1-3,8-9,11H,4-6H2/t8-,9+/m1/s1. The number of nitrogens with zero attached hydrogens (tertiary/aromatic N) is 1. The zero-order chi connectivity index (χ0) is 8.67. The molecule has 13 heavy (non-hydrogen) atoms. The van der Waals surface area contributed by atoms with Crippen LogP contribution in [0.25, 0.3) is 5.57 Å². The highest BCUT2D eigenvalue weighted by Crippen LogP contribution is 2.38. The molecule has 0 spiro atoms. The molecule has 1 aliphatic heterocycles. The fraction of sp³-hybridized carbons (Fsp3) is 0.500. The first kappa shape index (κ1) is 7.71. The maximum absolute atomic E-state index is 4.36. The van der Waals surface area contributed by atoms with Crippen molar-refractivity contribution in [2.75, 3.05) is 13.1 Å². The molecule has 0 bridgehead atoms. The van der Waals surface area contributed by atoms with Crippen molar-refractivity contribution >= 4 is 16.9 Å². The number of hydrogen-bond donors (Lipinski definition) is 1. The summed E-state index contributed by atoms with van der Waals surface area (Å²) in [5.74, 6) is 1.62. The average molecular weight is 192 g/mol. The molecule has 0 unspecified atom stereocenters. The smallest absolute Gasteiger partial charge is 0.118 e. The molecular weight excluding hydrogens is 180 g/mol. The second-order valence-corrected chi connectivity index (χ2v) is 4.71. The van der Waals surface area contributed by atoms with Crippen LogP contribution in [0.3, 0.4) is 0 Å². The summed E-state index contributed by atoms with van der Waals surface area (Å²) >= 11 is 1.76.